The van der Waals surface area contributed by atoms with Crippen LogP contribution in [0.25, 0.3) is 0 Å². The summed E-state index contributed by atoms with van der Waals surface area (Å²) in [5.74, 6) is 0.295. The number of aliphatic hydroxyl groups excluding tert-OH is 1. The summed E-state index contributed by atoms with van der Waals surface area (Å²) in [5, 5.41) is 12.4. The number of rotatable bonds is 8. The minimum Gasteiger partial charge on any atom is -0.487 e. The van der Waals surface area contributed by atoms with E-state index in [2.05, 4.69) is 16.9 Å². The number of ether oxygens (including phenoxy) is 1. The molecule has 0 saturated carbocycles. The third-order valence-electron chi connectivity index (χ3n) is 2.84. The Morgan fingerprint density at radius 2 is 2.35 bits per heavy atom. The fourth-order valence-electron chi connectivity index (χ4n) is 1.58. The summed E-state index contributed by atoms with van der Waals surface area (Å²) in [6, 6.07) is 3.39. The van der Waals surface area contributed by atoms with Crippen molar-refractivity contribution in [2.24, 2.45) is 5.92 Å². The Hall–Kier alpha value is -1.88. The summed E-state index contributed by atoms with van der Waals surface area (Å²) < 4.78 is 5.38. The number of pyridine rings is 1. The zero-order valence-electron chi connectivity index (χ0n) is 12.0. The fourth-order valence-corrected chi connectivity index (χ4v) is 1.58. The highest BCUT2D eigenvalue weighted by Gasteiger charge is 2.14. The van der Waals surface area contributed by atoms with E-state index in [0.717, 1.165) is 0 Å². The molecule has 1 rings (SSSR count). The third kappa shape index (κ3) is 5.01. The largest absolute Gasteiger partial charge is 0.487 e. The molecule has 0 spiro atoms. The van der Waals surface area contributed by atoms with Crippen molar-refractivity contribution in [3.8, 4) is 5.75 Å². The molecule has 0 aliphatic carbocycles. The van der Waals surface area contributed by atoms with E-state index in [1.807, 2.05) is 13.8 Å². The van der Waals surface area contributed by atoms with Crippen molar-refractivity contribution in [2.75, 3.05) is 13.2 Å². The van der Waals surface area contributed by atoms with Crippen LogP contribution in [0.5, 0.6) is 5.75 Å². The van der Waals surface area contributed by atoms with Gasteiger partial charge in [-0.05, 0) is 24.5 Å². The quantitative estimate of drug-likeness (QED) is 0.711. The number of aromatic nitrogens is 1. The number of carbonyl (C=O) groups excluding carboxylic acids is 1. The lowest BCUT2D eigenvalue weighted by Crippen LogP contribution is -2.29. The van der Waals surface area contributed by atoms with Crippen LogP contribution in [0.2, 0.25) is 0 Å². The highest BCUT2D eigenvalue weighted by Crippen LogP contribution is 2.15. The number of nitrogens with one attached hydrogen (secondary N) is 1. The molecule has 1 aromatic rings. The molecule has 2 N–H and O–H groups in total. The lowest BCUT2D eigenvalue weighted by Gasteiger charge is -2.14. The molecular weight excluding hydrogens is 256 g/mol. The van der Waals surface area contributed by atoms with Gasteiger partial charge in [0.05, 0.1) is 6.10 Å². The van der Waals surface area contributed by atoms with E-state index in [0.29, 0.717) is 25.3 Å². The molecule has 0 saturated heterocycles. The van der Waals surface area contributed by atoms with Gasteiger partial charge >= 0.3 is 0 Å². The van der Waals surface area contributed by atoms with Gasteiger partial charge < -0.3 is 15.2 Å². The zero-order valence-corrected chi connectivity index (χ0v) is 12.0. The number of hydrogen-bond donors (Lipinski definition) is 2. The Bertz CT molecular complexity index is 446. The molecular formula is C15H22N2O3. The molecule has 5 nitrogen and oxygen atoms in total. The van der Waals surface area contributed by atoms with Crippen molar-refractivity contribution in [3.05, 3.63) is 36.7 Å². The van der Waals surface area contributed by atoms with Crippen LogP contribution in [0.1, 0.15) is 30.8 Å². The second kappa shape index (κ2) is 8.32. The smallest absolute Gasteiger partial charge is 0.273 e. The number of nitrogens with zero attached hydrogens (tertiary/aromatic N) is 1. The maximum absolute atomic E-state index is 12.0. The normalized spacial score (nSPS) is 12.0. The Morgan fingerprint density at radius 1 is 1.60 bits per heavy atom. The van der Waals surface area contributed by atoms with E-state index >= 15 is 0 Å². The van der Waals surface area contributed by atoms with Crippen molar-refractivity contribution in [2.45, 2.75) is 26.4 Å². The highest BCUT2D eigenvalue weighted by atomic mass is 16.5. The Balaban J connectivity index is 2.56. The molecule has 110 valence electrons. The van der Waals surface area contributed by atoms with Crippen LogP contribution < -0.4 is 10.1 Å². The average Bonchev–Trinajstić information content (AvgIpc) is 2.45. The number of carbonyl (C=O) groups is 1. The summed E-state index contributed by atoms with van der Waals surface area (Å²) >= 11 is 0. The molecule has 1 amide bonds. The highest BCUT2D eigenvalue weighted by molar-refractivity contribution is 5.94. The van der Waals surface area contributed by atoms with Crippen LogP contribution >= 0.6 is 0 Å². The van der Waals surface area contributed by atoms with E-state index in [1.54, 1.807) is 24.4 Å². The third-order valence-corrected chi connectivity index (χ3v) is 2.84. The molecule has 0 bridgehead atoms. The van der Waals surface area contributed by atoms with Crippen LogP contribution in [-0.2, 0) is 0 Å². The Kier molecular flexibility index (Phi) is 6.73. The van der Waals surface area contributed by atoms with Gasteiger partial charge in [-0.25, -0.2) is 4.98 Å². The second-order valence-electron chi connectivity index (χ2n) is 4.81. The van der Waals surface area contributed by atoms with E-state index in [4.69, 9.17) is 4.74 Å². The van der Waals surface area contributed by atoms with Gasteiger partial charge in [0.15, 0.2) is 11.4 Å². The van der Waals surface area contributed by atoms with Crippen molar-refractivity contribution in [1.82, 2.24) is 10.3 Å². The molecule has 0 aliphatic heterocycles. The van der Waals surface area contributed by atoms with Gasteiger partial charge in [-0.2, -0.15) is 0 Å². The maximum atomic E-state index is 12.0. The SMILES string of the molecule is C=CCOc1cccnc1C(=O)NCCC(O)C(C)C. The predicted octanol–water partition coefficient (Wildman–Crippen LogP) is 1.78. The van der Waals surface area contributed by atoms with Crippen LogP contribution in [-0.4, -0.2) is 35.3 Å². The van der Waals surface area contributed by atoms with E-state index in [1.165, 1.54) is 0 Å². The van der Waals surface area contributed by atoms with Crippen LogP contribution in [0.15, 0.2) is 31.0 Å². The van der Waals surface area contributed by atoms with Gasteiger partial charge in [0.1, 0.15) is 6.61 Å². The molecule has 1 unspecified atom stereocenters. The van der Waals surface area contributed by atoms with Gasteiger partial charge in [0, 0.05) is 12.7 Å². The van der Waals surface area contributed by atoms with Crippen molar-refractivity contribution >= 4 is 5.91 Å². The van der Waals surface area contributed by atoms with Gasteiger partial charge in [0.2, 0.25) is 0 Å². The standard InChI is InChI=1S/C15H22N2O3/c1-4-10-20-13-6-5-8-16-14(13)15(19)17-9-7-12(18)11(2)3/h4-6,8,11-12,18H,1,7,9-10H2,2-3H3,(H,17,19). The van der Waals surface area contributed by atoms with Gasteiger partial charge in [0.25, 0.3) is 5.91 Å². The van der Waals surface area contributed by atoms with Crippen LogP contribution in [0.3, 0.4) is 0 Å². The number of hydrogen-bond acceptors (Lipinski definition) is 4. The van der Waals surface area contributed by atoms with Gasteiger partial charge in [-0.3, -0.25) is 4.79 Å². The minimum atomic E-state index is -0.421. The molecule has 1 aromatic heterocycles. The molecule has 0 aliphatic rings. The molecule has 1 atom stereocenters. The summed E-state index contributed by atoms with van der Waals surface area (Å²) in [6.07, 6.45) is 3.24. The Labute approximate surface area is 119 Å². The second-order valence-corrected chi connectivity index (χ2v) is 4.81. The van der Waals surface area contributed by atoms with Crippen LogP contribution in [0, 0.1) is 5.92 Å². The van der Waals surface area contributed by atoms with Gasteiger partial charge in [-0.15, -0.1) is 0 Å². The van der Waals surface area contributed by atoms with Gasteiger partial charge in [-0.1, -0.05) is 26.5 Å². The molecule has 0 fully saturated rings. The first-order valence-electron chi connectivity index (χ1n) is 6.71. The first-order valence-corrected chi connectivity index (χ1v) is 6.71. The predicted molar refractivity (Wildman–Crippen MR) is 77.7 cm³/mol. The minimum absolute atomic E-state index is 0.174. The van der Waals surface area contributed by atoms with Crippen molar-refractivity contribution < 1.29 is 14.6 Å². The number of aliphatic hydroxyl groups is 1. The summed E-state index contributed by atoms with van der Waals surface area (Å²) in [6.45, 7) is 8.15. The first kappa shape index (κ1) is 16.2. The fraction of sp³-hybridized carbons (Fsp3) is 0.467. The summed E-state index contributed by atoms with van der Waals surface area (Å²) in [5.41, 5.74) is 0.244. The molecule has 5 heteroatoms. The molecule has 1 heterocycles. The topological polar surface area (TPSA) is 71.5 Å². The van der Waals surface area contributed by atoms with Crippen LogP contribution in [0.4, 0.5) is 0 Å². The van der Waals surface area contributed by atoms with E-state index in [9.17, 15) is 9.90 Å². The first-order chi connectivity index (χ1) is 9.56. The summed E-state index contributed by atoms with van der Waals surface area (Å²) in [4.78, 5) is 16.0. The van der Waals surface area contributed by atoms with E-state index in [-0.39, 0.29) is 17.5 Å². The molecule has 20 heavy (non-hydrogen) atoms. The lowest BCUT2D eigenvalue weighted by molar-refractivity contribution is 0.0912. The summed E-state index contributed by atoms with van der Waals surface area (Å²) in [7, 11) is 0. The molecule has 0 radical (unpaired) electrons. The zero-order chi connectivity index (χ0) is 15.0. The number of amides is 1. The monoisotopic (exact) mass is 278 g/mol. The molecule has 0 aromatic carbocycles. The average molecular weight is 278 g/mol. The van der Waals surface area contributed by atoms with Crippen molar-refractivity contribution in [3.63, 3.8) is 0 Å². The van der Waals surface area contributed by atoms with E-state index < -0.39 is 6.10 Å². The van der Waals surface area contributed by atoms with Crippen molar-refractivity contribution in [1.29, 1.82) is 0 Å². The lowest BCUT2D eigenvalue weighted by atomic mass is 10.0. The maximum Gasteiger partial charge on any atom is 0.273 e. The Morgan fingerprint density at radius 3 is 3.00 bits per heavy atom.